The van der Waals surface area contributed by atoms with Gasteiger partial charge in [0, 0.05) is 17.1 Å². The summed E-state index contributed by atoms with van der Waals surface area (Å²) in [5.74, 6) is 6.68. The summed E-state index contributed by atoms with van der Waals surface area (Å²) in [5.41, 5.74) is 2.90. The van der Waals surface area contributed by atoms with Crippen molar-refractivity contribution in [1.29, 1.82) is 0 Å². The van der Waals surface area contributed by atoms with Crippen molar-refractivity contribution in [3.63, 3.8) is 0 Å². The first-order chi connectivity index (χ1) is 12.5. The first kappa shape index (κ1) is 18.3. The van der Waals surface area contributed by atoms with E-state index in [4.69, 9.17) is 17.4 Å². The highest BCUT2D eigenvalue weighted by molar-refractivity contribution is 7.99. The number of carbonyl (C=O) groups excluding carboxylic acids is 1. The number of nitrogen functional groups attached to an aromatic ring is 1. The van der Waals surface area contributed by atoms with Crippen LogP contribution in [0.3, 0.4) is 0 Å². The van der Waals surface area contributed by atoms with Gasteiger partial charge in [-0.1, -0.05) is 71.4 Å². The van der Waals surface area contributed by atoms with Crippen molar-refractivity contribution in [2.75, 3.05) is 11.6 Å². The molecule has 0 saturated carbocycles. The van der Waals surface area contributed by atoms with Gasteiger partial charge >= 0.3 is 0 Å². The van der Waals surface area contributed by atoms with Crippen LogP contribution in [0.1, 0.15) is 11.1 Å². The fourth-order valence-electron chi connectivity index (χ4n) is 2.29. The molecule has 2 aromatic carbocycles. The fraction of sp³-hybridized carbons (Fsp3) is 0.167. The molecule has 8 heteroatoms. The zero-order chi connectivity index (χ0) is 18.5. The van der Waals surface area contributed by atoms with Crippen LogP contribution < -0.4 is 11.2 Å². The average Bonchev–Trinajstić information content (AvgIpc) is 3.00. The average molecular weight is 388 g/mol. The molecule has 26 heavy (non-hydrogen) atoms. The minimum atomic E-state index is -0.130. The van der Waals surface area contributed by atoms with E-state index in [1.807, 2.05) is 49.4 Å². The topological polar surface area (TPSA) is 85.8 Å². The number of amides is 1. The zero-order valence-corrected chi connectivity index (χ0v) is 15.7. The molecule has 0 radical (unpaired) electrons. The number of nitrogens with two attached hydrogens (primary N) is 1. The van der Waals surface area contributed by atoms with Gasteiger partial charge in [0.1, 0.15) is 0 Å². The Balaban J connectivity index is 1.57. The van der Waals surface area contributed by atoms with Gasteiger partial charge in [0.05, 0.1) is 5.75 Å². The molecule has 1 aromatic heterocycles. The van der Waals surface area contributed by atoms with E-state index in [2.05, 4.69) is 15.5 Å². The SMILES string of the molecule is Cc1ccc(-c2nnc(SCC(=O)NCc3ccccc3Cl)n2N)cc1. The second-order valence-corrected chi connectivity index (χ2v) is 7.05. The smallest absolute Gasteiger partial charge is 0.230 e. The molecule has 0 unspecified atom stereocenters. The van der Waals surface area contributed by atoms with Crippen molar-refractivity contribution in [2.45, 2.75) is 18.6 Å². The van der Waals surface area contributed by atoms with Crippen molar-refractivity contribution in [3.8, 4) is 11.4 Å². The molecule has 0 aliphatic heterocycles. The van der Waals surface area contributed by atoms with E-state index in [-0.39, 0.29) is 11.7 Å². The van der Waals surface area contributed by atoms with Crippen LogP contribution in [0.4, 0.5) is 0 Å². The minimum Gasteiger partial charge on any atom is -0.351 e. The Bertz CT molecular complexity index is 910. The number of thioether (sulfide) groups is 1. The number of carbonyl (C=O) groups is 1. The van der Waals surface area contributed by atoms with E-state index in [1.165, 1.54) is 16.4 Å². The van der Waals surface area contributed by atoms with E-state index in [0.717, 1.165) is 16.7 Å². The van der Waals surface area contributed by atoms with E-state index in [1.54, 1.807) is 6.07 Å². The summed E-state index contributed by atoms with van der Waals surface area (Å²) in [6.07, 6.45) is 0. The third-order valence-corrected chi connectivity index (χ3v) is 5.05. The Hall–Kier alpha value is -2.51. The molecule has 0 atom stereocenters. The lowest BCUT2D eigenvalue weighted by molar-refractivity contribution is -0.118. The molecule has 3 N–H and O–H groups in total. The highest BCUT2D eigenvalue weighted by atomic mass is 35.5. The van der Waals surface area contributed by atoms with Crippen molar-refractivity contribution < 1.29 is 4.79 Å². The summed E-state index contributed by atoms with van der Waals surface area (Å²) in [6, 6.07) is 15.2. The molecule has 3 rings (SSSR count). The van der Waals surface area contributed by atoms with Gasteiger partial charge in [-0.25, -0.2) is 4.68 Å². The van der Waals surface area contributed by atoms with Crippen LogP contribution in [-0.4, -0.2) is 26.5 Å². The summed E-state index contributed by atoms with van der Waals surface area (Å²) in [5, 5.41) is 12.1. The van der Waals surface area contributed by atoms with Crippen LogP contribution in [0.5, 0.6) is 0 Å². The number of hydrogen-bond donors (Lipinski definition) is 2. The van der Waals surface area contributed by atoms with E-state index >= 15 is 0 Å². The molecule has 3 aromatic rings. The normalized spacial score (nSPS) is 10.7. The van der Waals surface area contributed by atoms with Gasteiger partial charge in [-0.15, -0.1) is 10.2 Å². The second kappa shape index (κ2) is 8.25. The lowest BCUT2D eigenvalue weighted by Crippen LogP contribution is -2.25. The quantitative estimate of drug-likeness (QED) is 0.501. The summed E-state index contributed by atoms with van der Waals surface area (Å²) < 4.78 is 1.40. The van der Waals surface area contributed by atoms with E-state index in [9.17, 15) is 4.79 Å². The molecular formula is C18H18ClN5OS. The van der Waals surface area contributed by atoms with Crippen molar-refractivity contribution in [2.24, 2.45) is 0 Å². The maximum absolute atomic E-state index is 12.1. The van der Waals surface area contributed by atoms with E-state index in [0.29, 0.717) is 22.5 Å². The van der Waals surface area contributed by atoms with E-state index < -0.39 is 0 Å². The predicted molar refractivity (Wildman–Crippen MR) is 104 cm³/mol. The maximum Gasteiger partial charge on any atom is 0.230 e. The third-order valence-electron chi connectivity index (χ3n) is 3.74. The summed E-state index contributed by atoms with van der Waals surface area (Å²) in [6.45, 7) is 2.39. The number of halogens is 1. The van der Waals surface area contributed by atoms with Crippen LogP contribution in [0.15, 0.2) is 53.7 Å². The van der Waals surface area contributed by atoms with Crippen molar-refractivity contribution >= 4 is 29.3 Å². The number of aryl methyl sites for hydroxylation is 1. The zero-order valence-electron chi connectivity index (χ0n) is 14.1. The van der Waals surface area contributed by atoms with Crippen molar-refractivity contribution in [1.82, 2.24) is 20.2 Å². The Morgan fingerprint density at radius 1 is 1.19 bits per heavy atom. The van der Waals surface area contributed by atoms with Crippen LogP contribution in [-0.2, 0) is 11.3 Å². The molecule has 1 amide bonds. The largest absolute Gasteiger partial charge is 0.351 e. The number of aromatic nitrogens is 3. The first-order valence-electron chi connectivity index (χ1n) is 7.95. The molecule has 134 valence electrons. The predicted octanol–water partition coefficient (Wildman–Crippen LogP) is 3.03. The minimum absolute atomic E-state index is 0.130. The highest BCUT2D eigenvalue weighted by Crippen LogP contribution is 2.22. The highest BCUT2D eigenvalue weighted by Gasteiger charge is 2.13. The van der Waals surface area contributed by atoms with Crippen LogP contribution in [0.25, 0.3) is 11.4 Å². The summed E-state index contributed by atoms with van der Waals surface area (Å²) in [4.78, 5) is 12.1. The first-order valence-corrected chi connectivity index (χ1v) is 9.31. The maximum atomic E-state index is 12.1. The van der Waals surface area contributed by atoms with Crippen molar-refractivity contribution in [3.05, 3.63) is 64.7 Å². The standard InChI is InChI=1S/C18H18ClN5OS/c1-12-6-8-13(9-7-12)17-22-23-18(24(17)20)26-11-16(25)21-10-14-4-2-3-5-15(14)19/h2-9H,10-11,20H2,1H3,(H,21,25). The van der Waals surface area contributed by atoms with Crippen LogP contribution in [0, 0.1) is 6.92 Å². The lowest BCUT2D eigenvalue weighted by Gasteiger charge is -2.07. The molecular weight excluding hydrogens is 370 g/mol. The molecule has 0 fully saturated rings. The van der Waals surface area contributed by atoms with Gasteiger partial charge in [-0.2, -0.15) is 0 Å². The Labute approximate surface area is 160 Å². The number of nitrogens with zero attached hydrogens (tertiary/aromatic N) is 3. The molecule has 0 aliphatic rings. The Morgan fingerprint density at radius 2 is 1.92 bits per heavy atom. The fourth-order valence-corrected chi connectivity index (χ4v) is 3.18. The molecule has 0 bridgehead atoms. The number of rotatable bonds is 6. The van der Waals surface area contributed by atoms with Gasteiger partial charge in [-0.3, -0.25) is 4.79 Å². The number of nitrogens with one attached hydrogen (secondary N) is 1. The summed E-state index contributed by atoms with van der Waals surface area (Å²) in [7, 11) is 0. The molecule has 0 spiro atoms. The van der Waals surface area contributed by atoms with Crippen LogP contribution in [0.2, 0.25) is 5.02 Å². The molecule has 6 nitrogen and oxygen atoms in total. The van der Waals surface area contributed by atoms with Gasteiger partial charge in [0.25, 0.3) is 0 Å². The lowest BCUT2D eigenvalue weighted by atomic mass is 10.1. The number of benzene rings is 2. The molecule has 0 aliphatic carbocycles. The third kappa shape index (κ3) is 4.36. The number of hydrogen-bond acceptors (Lipinski definition) is 5. The summed E-state index contributed by atoms with van der Waals surface area (Å²) >= 11 is 7.31. The second-order valence-electron chi connectivity index (χ2n) is 5.70. The molecule has 0 saturated heterocycles. The van der Waals surface area contributed by atoms with Gasteiger partial charge in [0.15, 0.2) is 5.82 Å². The van der Waals surface area contributed by atoms with Gasteiger partial charge in [-0.05, 0) is 18.6 Å². The Kier molecular flexibility index (Phi) is 5.80. The Morgan fingerprint density at radius 3 is 2.65 bits per heavy atom. The molecule has 1 heterocycles. The van der Waals surface area contributed by atoms with Gasteiger partial charge < -0.3 is 11.2 Å². The van der Waals surface area contributed by atoms with Crippen LogP contribution >= 0.6 is 23.4 Å². The van der Waals surface area contributed by atoms with Gasteiger partial charge in [0.2, 0.25) is 11.1 Å². The monoisotopic (exact) mass is 387 g/mol.